The third-order valence-electron chi connectivity index (χ3n) is 2.15. The van der Waals surface area contributed by atoms with Gasteiger partial charge in [0.05, 0.1) is 6.54 Å². The average Bonchev–Trinajstić information content (AvgIpc) is 2.62. The molecule has 2 aromatic rings. The zero-order valence-corrected chi connectivity index (χ0v) is 8.83. The maximum absolute atomic E-state index is 11.4. The maximum Gasteiger partial charge on any atom is 0.437 e. The molecule has 5 nitrogen and oxygen atoms in total. The summed E-state index contributed by atoms with van der Waals surface area (Å²) < 4.78 is 5.99. The Morgan fingerprint density at radius 1 is 1.44 bits per heavy atom. The van der Waals surface area contributed by atoms with Gasteiger partial charge in [0.25, 0.3) is 0 Å². The smallest absolute Gasteiger partial charge is 0.389 e. The Labute approximate surface area is 92.0 Å². The first-order valence-electron chi connectivity index (χ1n) is 4.96. The number of hydrogen-bond acceptors (Lipinski definition) is 4. The summed E-state index contributed by atoms with van der Waals surface area (Å²) in [5.41, 5.74) is 0.954. The summed E-state index contributed by atoms with van der Waals surface area (Å²) in [7, 11) is 0. The number of benzene rings is 1. The van der Waals surface area contributed by atoms with Crippen molar-refractivity contribution in [3.05, 3.63) is 52.3 Å². The highest BCUT2D eigenvalue weighted by atomic mass is 16.4. The predicted octanol–water partition coefficient (Wildman–Crippen LogP) is 0.938. The van der Waals surface area contributed by atoms with E-state index in [0.29, 0.717) is 6.54 Å². The van der Waals surface area contributed by atoms with E-state index >= 15 is 0 Å². The topological polar surface area (TPSA) is 68.3 Å². The molecule has 0 radical (unpaired) electrons. The second kappa shape index (κ2) is 4.32. The van der Waals surface area contributed by atoms with Gasteiger partial charge in [-0.3, -0.25) is 0 Å². The first-order valence-corrected chi connectivity index (χ1v) is 4.96. The number of hydrogen-bond donors (Lipinski definition) is 1. The van der Waals surface area contributed by atoms with Crippen LogP contribution in [0.25, 0.3) is 0 Å². The van der Waals surface area contributed by atoms with Gasteiger partial charge < -0.3 is 9.52 Å². The van der Waals surface area contributed by atoms with Gasteiger partial charge in [0.1, 0.15) is 6.10 Å². The fourth-order valence-electron chi connectivity index (χ4n) is 1.35. The Morgan fingerprint density at radius 3 is 2.69 bits per heavy atom. The second-order valence-electron chi connectivity index (χ2n) is 3.53. The number of aliphatic hydroxyl groups is 1. The fraction of sp³-hybridized carbons (Fsp3) is 0.273. The highest BCUT2D eigenvalue weighted by molar-refractivity contribution is 5.14. The molecule has 0 spiro atoms. The summed E-state index contributed by atoms with van der Waals surface area (Å²) in [4.78, 5) is 11.4. The lowest BCUT2D eigenvalue weighted by atomic mass is 10.2. The summed E-state index contributed by atoms with van der Waals surface area (Å²) in [6, 6.07) is 9.45. The molecule has 1 aromatic heterocycles. The van der Waals surface area contributed by atoms with Crippen LogP contribution in [0.15, 0.2) is 39.5 Å². The van der Waals surface area contributed by atoms with Gasteiger partial charge in [0.15, 0.2) is 0 Å². The second-order valence-corrected chi connectivity index (χ2v) is 3.53. The van der Waals surface area contributed by atoms with Crippen molar-refractivity contribution in [1.82, 2.24) is 9.78 Å². The summed E-state index contributed by atoms with van der Waals surface area (Å²) in [6.45, 7) is 1.84. The van der Waals surface area contributed by atoms with Crippen LogP contribution in [0, 0.1) is 0 Å². The van der Waals surface area contributed by atoms with Gasteiger partial charge in [0.2, 0.25) is 5.89 Å². The largest absolute Gasteiger partial charge is 0.437 e. The number of nitrogens with zero attached hydrogens (tertiary/aromatic N) is 2. The third kappa shape index (κ3) is 2.20. The zero-order chi connectivity index (χ0) is 11.5. The van der Waals surface area contributed by atoms with Crippen LogP contribution < -0.4 is 5.76 Å². The molecule has 0 aliphatic rings. The van der Waals surface area contributed by atoms with E-state index < -0.39 is 11.9 Å². The molecular weight excluding hydrogens is 208 g/mol. The number of aromatic nitrogens is 2. The van der Waals surface area contributed by atoms with Crippen molar-refractivity contribution in [1.29, 1.82) is 0 Å². The summed E-state index contributed by atoms with van der Waals surface area (Å²) >= 11 is 0. The lowest BCUT2D eigenvalue weighted by Crippen LogP contribution is -2.16. The normalized spacial score (nSPS) is 12.6. The van der Waals surface area contributed by atoms with E-state index in [1.165, 1.54) is 11.6 Å². The Morgan fingerprint density at radius 2 is 2.12 bits per heavy atom. The van der Waals surface area contributed by atoms with Gasteiger partial charge in [-0.15, -0.1) is 5.10 Å². The standard InChI is InChI=1S/C11H12N2O3/c1-8(14)10-12-13(11(15)16-10)7-9-5-3-2-4-6-9/h2-6,8,14H,7H2,1H3. The van der Waals surface area contributed by atoms with E-state index in [1.807, 2.05) is 30.3 Å². The zero-order valence-electron chi connectivity index (χ0n) is 8.83. The summed E-state index contributed by atoms with van der Waals surface area (Å²) in [6.07, 6.45) is -0.871. The summed E-state index contributed by atoms with van der Waals surface area (Å²) in [5, 5.41) is 13.1. The molecule has 0 amide bonds. The van der Waals surface area contributed by atoms with Crippen molar-refractivity contribution < 1.29 is 9.52 Å². The molecule has 1 aromatic carbocycles. The molecule has 0 bridgehead atoms. The molecule has 0 aliphatic carbocycles. The van der Waals surface area contributed by atoms with Crippen molar-refractivity contribution >= 4 is 0 Å². The van der Waals surface area contributed by atoms with Gasteiger partial charge in [0, 0.05) is 0 Å². The molecule has 0 saturated carbocycles. The number of rotatable bonds is 3. The third-order valence-corrected chi connectivity index (χ3v) is 2.15. The van der Waals surface area contributed by atoms with Gasteiger partial charge in [-0.05, 0) is 12.5 Å². The molecule has 2 rings (SSSR count). The lowest BCUT2D eigenvalue weighted by Gasteiger charge is -1.98. The van der Waals surface area contributed by atoms with Crippen molar-refractivity contribution in [2.45, 2.75) is 19.6 Å². The molecule has 1 heterocycles. The van der Waals surface area contributed by atoms with Crippen LogP contribution in [-0.2, 0) is 6.54 Å². The predicted molar refractivity (Wildman–Crippen MR) is 56.9 cm³/mol. The van der Waals surface area contributed by atoms with E-state index in [4.69, 9.17) is 4.42 Å². The molecule has 1 N–H and O–H groups in total. The Bertz CT molecular complexity index is 514. The van der Waals surface area contributed by atoms with Gasteiger partial charge in [-0.2, -0.15) is 4.68 Å². The molecule has 5 heteroatoms. The van der Waals surface area contributed by atoms with Gasteiger partial charge in [-0.1, -0.05) is 30.3 Å². The van der Waals surface area contributed by atoms with Crippen molar-refractivity contribution in [2.24, 2.45) is 0 Å². The minimum atomic E-state index is -0.871. The van der Waals surface area contributed by atoms with Gasteiger partial charge >= 0.3 is 5.76 Å². The maximum atomic E-state index is 11.4. The van der Waals surface area contributed by atoms with E-state index in [-0.39, 0.29) is 5.89 Å². The van der Waals surface area contributed by atoms with Crippen LogP contribution in [-0.4, -0.2) is 14.9 Å². The van der Waals surface area contributed by atoms with E-state index in [0.717, 1.165) is 5.56 Å². The monoisotopic (exact) mass is 220 g/mol. The molecule has 0 saturated heterocycles. The lowest BCUT2D eigenvalue weighted by molar-refractivity contribution is 0.160. The minimum absolute atomic E-state index is 0.0425. The average molecular weight is 220 g/mol. The molecule has 84 valence electrons. The van der Waals surface area contributed by atoms with Crippen LogP contribution in [0.2, 0.25) is 0 Å². The van der Waals surface area contributed by atoms with Gasteiger partial charge in [-0.25, -0.2) is 4.79 Å². The SMILES string of the molecule is CC(O)c1nn(Cc2ccccc2)c(=O)o1. The van der Waals surface area contributed by atoms with Crippen LogP contribution in [0.3, 0.4) is 0 Å². The van der Waals surface area contributed by atoms with Crippen LogP contribution in [0.5, 0.6) is 0 Å². The molecule has 1 unspecified atom stereocenters. The van der Waals surface area contributed by atoms with Crippen molar-refractivity contribution in [2.75, 3.05) is 0 Å². The van der Waals surface area contributed by atoms with Crippen LogP contribution in [0.4, 0.5) is 0 Å². The molecule has 1 atom stereocenters. The highest BCUT2D eigenvalue weighted by Crippen LogP contribution is 2.06. The molecular formula is C11H12N2O3. The number of aliphatic hydroxyl groups excluding tert-OH is 1. The van der Waals surface area contributed by atoms with E-state index in [1.54, 1.807) is 0 Å². The summed E-state index contributed by atoms with van der Waals surface area (Å²) in [5.74, 6) is -0.513. The molecule has 0 fully saturated rings. The quantitative estimate of drug-likeness (QED) is 0.835. The highest BCUT2D eigenvalue weighted by Gasteiger charge is 2.12. The van der Waals surface area contributed by atoms with Crippen molar-refractivity contribution in [3.8, 4) is 0 Å². The Kier molecular flexibility index (Phi) is 2.87. The van der Waals surface area contributed by atoms with E-state index in [2.05, 4.69) is 5.10 Å². The molecule has 16 heavy (non-hydrogen) atoms. The Hall–Kier alpha value is -1.88. The van der Waals surface area contributed by atoms with Crippen LogP contribution >= 0.6 is 0 Å². The van der Waals surface area contributed by atoms with Crippen molar-refractivity contribution in [3.63, 3.8) is 0 Å². The first-order chi connectivity index (χ1) is 7.66. The fourth-order valence-corrected chi connectivity index (χ4v) is 1.35. The minimum Gasteiger partial charge on any atom is -0.389 e. The van der Waals surface area contributed by atoms with Crippen LogP contribution in [0.1, 0.15) is 24.5 Å². The van der Waals surface area contributed by atoms with E-state index in [9.17, 15) is 9.90 Å². The first kappa shape index (κ1) is 10.6. The molecule has 0 aliphatic heterocycles. The Balaban J connectivity index is 2.26.